The van der Waals surface area contributed by atoms with Crippen molar-refractivity contribution >= 4 is 45.1 Å². The number of oxazole rings is 1. The lowest BCUT2D eigenvalue weighted by atomic mass is 10.1. The first-order chi connectivity index (χ1) is 14.0. The lowest BCUT2D eigenvalue weighted by Gasteiger charge is -2.13. The van der Waals surface area contributed by atoms with E-state index in [9.17, 15) is 14.4 Å². The second kappa shape index (κ2) is 8.30. The highest BCUT2D eigenvalue weighted by Gasteiger charge is 2.35. The van der Waals surface area contributed by atoms with Crippen molar-refractivity contribution in [1.29, 1.82) is 0 Å². The Morgan fingerprint density at radius 1 is 1.21 bits per heavy atom. The van der Waals surface area contributed by atoms with Crippen molar-refractivity contribution in [3.63, 3.8) is 0 Å². The molecule has 1 aromatic carbocycles. The van der Waals surface area contributed by atoms with Gasteiger partial charge in [-0.15, -0.1) is 11.3 Å². The molecule has 2 amide bonds. The Hall–Kier alpha value is -2.78. The molecular weight excluding hydrogens is 460 g/mol. The van der Waals surface area contributed by atoms with E-state index in [4.69, 9.17) is 9.15 Å². The maximum Gasteiger partial charge on any atom is 0.306 e. The van der Waals surface area contributed by atoms with Crippen molar-refractivity contribution in [2.24, 2.45) is 0 Å². The van der Waals surface area contributed by atoms with Crippen LogP contribution in [-0.4, -0.2) is 34.2 Å². The predicted molar refractivity (Wildman–Crippen MR) is 108 cm³/mol. The van der Waals surface area contributed by atoms with Crippen LogP contribution in [0.2, 0.25) is 0 Å². The van der Waals surface area contributed by atoms with Crippen LogP contribution in [0.3, 0.4) is 0 Å². The zero-order valence-electron chi connectivity index (χ0n) is 15.1. The van der Waals surface area contributed by atoms with E-state index in [2.05, 4.69) is 20.9 Å². The van der Waals surface area contributed by atoms with Gasteiger partial charge < -0.3 is 9.15 Å². The average Bonchev–Trinajstić information content (AvgIpc) is 3.43. The summed E-state index contributed by atoms with van der Waals surface area (Å²) in [4.78, 5) is 43.1. The van der Waals surface area contributed by atoms with Crippen LogP contribution in [0.25, 0.3) is 10.8 Å². The molecule has 1 aliphatic heterocycles. The van der Waals surface area contributed by atoms with E-state index >= 15 is 0 Å². The fourth-order valence-corrected chi connectivity index (χ4v) is 3.98. The van der Waals surface area contributed by atoms with Crippen LogP contribution in [0.4, 0.5) is 0 Å². The first-order valence-electron chi connectivity index (χ1n) is 8.82. The highest BCUT2D eigenvalue weighted by atomic mass is 79.9. The highest BCUT2D eigenvalue weighted by Crippen LogP contribution is 2.26. The number of fused-ring (bicyclic) bond motifs is 1. The van der Waals surface area contributed by atoms with Gasteiger partial charge in [0.25, 0.3) is 11.8 Å². The van der Waals surface area contributed by atoms with Crippen LogP contribution < -0.4 is 0 Å². The number of esters is 1. The van der Waals surface area contributed by atoms with Gasteiger partial charge in [0.2, 0.25) is 5.89 Å². The number of amides is 2. The van der Waals surface area contributed by atoms with Gasteiger partial charge in [-0.25, -0.2) is 4.98 Å². The fraction of sp³-hybridized carbons (Fsp3) is 0.200. The smallest absolute Gasteiger partial charge is 0.306 e. The zero-order valence-corrected chi connectivity index (χ0v) is 17.5. The highest BCUT2D eigenvalue weighted by molar-refractivity contribution is 9.10. The summed E-state index contributed by atoms with van der Waals surface area (Å²) in [7, 11) is 0. The van der Waals surface area contributed by atoms with Crippen LogP contribution in [0.5, 0.6) is 0 Å². The zero-order chi connectivity index (χ0) is 20.4. The molecule has 2 aromatic heterocycles. The number of carbonyl (C=O) groups excluding carboxylic acids is 3. The summed E-state index contributed by atoms with van der Waals surface area (Å²) in [6.45, 7) is 0.167. The van der Waals surface area contributed by atoms with Crippen LogP contribution in [0, 0.1) is 0 Å². The molecule has 0 N–H and O–H groups in total. The molecule has 0 saturated carbocycles. The minimum absolute atomic E-state index is 0.00868. The molecule has 3 aromatic rings. The third-order valence-electron chi connectivity index (χ3n) is 4.36. The van der Waals surface area contributed by atoms with Crippen LogP contribution >= 0.6 is 27.3 Å². The number of rotatable bonds is 7. The molecule has 4 rings (SSSR count). The monoisotopic (exact) mass is 474 g/mol. The minimum atomic E-state index is -0.426. The van der Waals surface area contributed by atoms with Crippen LogP contribution in [0.1, 0.15) is 39.3 Å². The van der Waals surface area contributed by atoms with Gasteiger partial charge in [-0.3, -0.25) is 19.3 Å². The van der Waals surface area contributed by atoms with Crippen molar-refractivity contribution in [3.8, 4) is 10.8 Å². The average molecular weight is 475 g/mol. The summed E-state index contributed by atoms with van der Waals surface area (Å²) in [5.41, 5.74) is 1.28. The van der Waals surface area contributed by atoms with Gasteiger partial charge in [-0.1, -0.05) is 22.0 Å². The first kappa shape index (κ1) is 19.5. The van der Waals surface area contributed by atoms with Gasteiger partial charge in [0.05, 0.1) is 16.0 Å². The fourth-order valence-electron chi connectivity index (χ4n) is 2.96. The van der Waals surface area contributed by atoms with Crippen molar-refractivity contribution in [2.45, 2.75) is 19.4 Å². The van der Waals surface area contributed by atoms with Crippen molar-refractivity contribution in [2.75, 3.05) is 6.54 Å². The predicted octanol–water partition coefficient (Wildman–Crippen LogP) is 4.29. The normalized spacial score (nSPS) is 13.1. The SMILES string of the molecule is O=C(CCCN1C(=O)c2ccc(Br)cc2C1=O)OCc1coc(-c2cccs2)n1. The quantitative estimate of drug-likeness (QED) is 0.374. The molecule has 0 unspecified atom stereocenters. The van der Waals surface area contributed by atoms with E-state index in [1.165, 1.54) is 17.6 Å². The Morgan fingerprint density at radius 3 is 2.83 bits per heavy atom. The molecule has 1 aliphatic rings. The maximum atomic E-state index is 12.4. The number of thiophene rings is 1. The van der Waals surface area contributed by atoms with E-state index in [0.717, 1.165) is 14.2 Å². The molecule has 148 valence electrons. The lowest BCUT2D eigenvalue weighted by molar-refractivity contribution is -0.145. The number of ether oxygens (including phenoxy) is 1. The molecule has 0 aliphatic carbocycles. The summed E-state index contributed by atoms with van der Waals surface area (Å²) in [5, 5.41) is 1.92. The van der Waals surface area contributed by atoms with E-state index in [1.807, 2.05) is 17.5 Å². The topological polar surface area (TPSA) is 89.7 Å². The molecule has 0 fully saturated rings. The minimum Gasteiger partial charge on any atom is -0.459 e. The van der Waals surface area contributed by atoms with Crippen LogP contribution in [0.15, 0.2) is 50.9 Å². The molecule has 0 spiro atoms. The molecule has 29 heavy (non-hydrogen) atoms. The molecule has 3 heterocycles. The maximum absolute atomic E-state index is 12.4. The number of benzene rings is 1. The summed E-state index contributed by atoms with van der Waals surface area (Å²) in [6.07, 6.45) is 1.87. The Bertz CT molecular complexity index is 1080. The Labute approximate surface area is 178 Å². The standard InChI is InChI=1S/C20H15BrN2O5S/c21-12-5-6-14-15(9-12)20(26)23(19(14)25)7-1-4-17(24)27-10-13-11-28-18(22-13)16-3-2-8-29-16/h2-3,5-6,8-9,11H,1,4,7,10H2. The summed E-state index contributed by atoms with van der Waals surface area (Å²) >= 11 is 4.81. The van der Waals surface area contributed by atoms with Crippen LogP contribution in [-0.2, 0) is 16.1 Å². The molecular formula is C20H15BrN2O5S. The Morgan fingerprint density at radius 2 is 2.03 bits per heavy atom. The number of hydrogen-bond donors (Lipinski definition) is 0. The van der Waals surface area contributed by atoms with Gasteiger partial charge in [-0.05, 0) is 36.1 Å². The van der Waals surface area contributed by atoms with Crippen molar-refractivity contribution in [1.82, 2.24) is 9.88 Å². The summed E-state index contributed by atoms with van der Waals surface area (Å²) in [5.74, 6) is -0.619. The number of nitrogens with zero attached hydrogens (tertiary/aromatic N) is 2. The number of carbonyl (C=O) groups is 3. The Kier molecular flexibility index (Phi) is 5.59. The number of aromatic nitrogens is 1. The van der Waals surface area contributed by atoms with Crippen molar-refractivity contribution < 1.29 is 23.5 Å². The van der Waals surface area contributed by atoms with E-state index < -0.39 is 5.97 Å². The van der Waals surface area contributed by atoms with Gasteiger partial charge in [-0.2, -0.15) is 0 Å². The van der Waals surface area contributed by atoms with Gasteiger partial charge in [0, 0.05) is 17.4 Å². The molecule has 7 nitrogen and oxygen atoms in total. The molecule has 0 saturated heterocycles. The summed E-state index contributed by atoms with van der Waals surface area (Å²) in [6, 6.07) is 8.77. The Balaban J connectivity index is 1.25. The number of imide groups is 1. The second-order valence-electron chi connectivity index (χ2n) is 6.34. The van der Waals surface area contributed by atoms with E-state index in [1.54, 1.807) is 18.2 Å². The molecule has 0 radical (unpaired) electrons. The molecule has 0 atom stereocenters. The van der Waals surface area contributed by atoms with E-state index in [0.29, 0.717) is 29.1 Å². The lowest BCUT2D eigenvalue weighted by Crippen LogP contribution is -2.31. The molecule has 0 bridgehead atoms. The van der Waals surface area contributed by atoms with E-state index in [-0.39, 0.29) is 31.4 Å². The summed E-state index contributed by atoms with van der Waals surface area (Å²) < 4.78 is 11.3. The number of hydrogen-bond acceptors (Lipinski definition) is 7. The first-order valence-corrected chi connectivity index (χ1v) is 10.5. The van der Waals surface area contributed by atoms with Gasteiger partial charge in [0.1, 0.15) is 18.6 Å². The number of halogens is 1. The third-order valence-corrected chi connectivity index (χ3v) is 5.71. The van der Waals surface area contributed by atoms with Gasteiger partial charge >= 0.3 is 5.97 Å². The van der Waals surface area contributed by atoms with Gasteiger partial charge in [0.15, 0.2) is 0 Å². The second-order valence-corrected chi connectivity index (χ2v) is 8.20. The molecule has 9 heteroatoms. The third kappa shape index (κ3) is 4.15. The van der Waals surface area contributed by atoms with Crippen molar-refractivity contribution in [3.05, 3.63) is 63.3 Å². The largest absolute Gasteiger partial charge is 0.459 e.